The van der Waals surface area contributed by atoms with Gasteiger partial charge >= 0.3 is 0 Å². The fourth-order valence-electron chi connectivity index (χ4n) is 1.90. The van der Waals surface area contributed by atoms with E-state index in [-0.39, 0.29) is 5.69 Å². The monoisotopic (exact) mass is 220 g/mol. The van der Waals surface area contributed by atoms with Gasteiger partial charge in [0.25, 0.3) is 0 Å². The zero-order valence-electron chi connectivity index (χ0n) is 9.49. The molecule has 2 aromatic rings. The molecule has 0 saturated carbocycles. The Hall–Kier alpha value is -1.71. The standard InChI is InChI=1S/C12H13FN2O/c1-7(2)11-5-8-4-9(13)10(6-16)14-12(8)15(11)3/h4-7H,1-3H3. The molecule has 0 amide bonds. The Morgan fingerprint density at radius 3 is 2.69 bits per heavy atom. The van der Waals surface area contributed by atoms with Crippen molar-refractivity contribution >= 4 is 17.3 Å². The molecule has 0 aliphatic carbocycles. The molecule has 0 radical (unpaired) electrons. The first-order chi connectivity index (χ1) is 7.54. The van der Waals surface area contributed by atoms with E-state index in [1.165, 1.54) is 6.07 Å². The number of hydrogen-bond acceptors (Lipinski definition) is 2. The summed E-state index contributed by atoms with van der Waals surface area (Å²) in [5.41, 5.74) is 1.58. The van der Waals surface area contributed by atoms with Crippen molar-refractivity contribution in [2.75, 3.05) is 0 Å². The fraction of sp³-hybridized carbons (Fsp3) is 0.333. The summed E-state index contributed by atoms with van der Waals surface area (Å²) in [7, 11) is 1.87. The summed E-state index contributed by atoms with van der Waals surface area (Å²) in [6.07, 6.45) is 0.441. The Labute approximate surface area is 92.9 Å². The zero-order chi connectivity index (χ0) is 11.9. The van der Waals surface area contributed by atoms with Crippen molar-refractivity contribution in [1.82, 2.24) is 9.55 Å². The van der Waals surface area contributed by atoms with Crippen molar-refractivity contribution in [3.63, 3.8) is 0 Å². The van der Waals surface area contributed by atoms with Gasteiger partial charge in [-0.25, -0.2) is 9.37 Å². The molecule has 0 fully saturated rings. The number of aromatic nitrogens is 2. The van der Waals surface area contributed by atoms with Crippen LogP contribution in [-0.2, 0) is 7.05 Å². The van der Waals surface area contributed by atoms with E-state index in [0.29, 0.717) is 17.9 Å². The molecule has 3 nitrogen and oxygen atoms in total. The van der Waals surface area contributed by atoms with Gasteiger partial charge < -0.3 is 4.57 Å². The zero-order valence-corrected chi connectivity index (χ0v) is 9.49. The van der Waals surface area contributed by atoms with E-state index in [0.717, 1.165) is 11.1 Å². The first kappa shape index (κ1) is 10.8. The van der Waals surface area contributed by atoms with Crippen LogP contribution in [0.2, 0.25) is 0 Å². The topological polar surface area (TPSA) is 34.9 Å². The Balaban J connectivity index is 2.77. The molecule has 0 unspecified atom stereocenters. The van der Waals surface area contributed by atoms with Gasteiger partial charge in [-0.05, 0) is 18.1 Å². The molecule has 0 aliphatic heterocycles. The van der Waals surface area contributed by atoms with Crippen LogP contribution in [0.1, 0.15) is 35.9 Å². The largest absolute Gasteiger partial charge is 0.332 e. The maximum absolute atomic E-state index is 13.4. The second-order valence-corrected chi connectivity index (χ2v) is 4.17. The van der Waals surface area contributed by atoms with Gasteiger partial charge in [0.2, 0.25) is 0 Å². The van der Waals surface area contributed by atoms with Gasteiger partial charge in [-0.3, -0.25) is 4.79 Å². The number of aldehydes is 1. The van der Waals surface area contributed by atoms with E-state index < -0.39 is 5.82 Å². The van der Waals surface area contributed by atoms with Gasteiger partial charge in [-0.1, -0.05) is 13.8 Å². The summed E-state index contributed by atoms with van der Waals surface area (Å²) < 4.78 is 15.3. The minimum atomic E-state index is -0.566. The molecule has 0 bridgehead atoms. The van der Waals surface area contributed by atoms with Gasteiger partial charge in [0.05, 0.1) is 0 Å². The highest BCUT2D eigenvalue weighted by Gasteiger charge is 2.13. The average Bonchev–Trinajstić information content (AvgIpc) is 2.54. The summed E-state index contributed by atoms with van der Waals surface area (Å²) in [4.78, 5) is 14.6. The quantitative estimate of drug-likeness (QED) is 0.729. The van der Waals surface area contributed by atoms with Gasteiger partial charge in [0.15, 0.2) is 12.1 Å². The third kappa shape index (κ3) is 1.50. The lowest BCUT2D eigenvalue weighted by molar-refractivity contribution is 0.111. The summed E-state index contributed by atoms with van der Waals surface area (Å²) in [6.45, 7) is 4.12. The molecule has 0 spiro atoms. The minimum absolute atomic E-state index is 0.135. The van der Waals surface area contributed by atoms with Crippen molar-refractivity contribution < 1.29 is 9.18 Å². The second-order valence-electron chi connectivity index (χ2n) is 4.17. The van der Waals surface area contributed by atoms with Crippen molar-refractivity contribution in [3.8, 4) is 0 Å². The normalized spacial score (nSPS) is 11.3. The third-order valence-electron chi connectivity index (χ3n) is 2.72. The third-order valence-corrected chi connectivity index (χ3v) is 2.72. The van der Waals surface area contributed by atoms with Gasteiger partial charge in [0.1, 0.15) is 11.3 Å². The van der Waals surface area contributed by atoms with E-state index in [2.05, 4.69) is 18.8 Å². The lowest BCUT2D eigenvalue weighted by atomic mass is 10.1. The molecule has 4 heteroatoms. The van der Waals surface area contributed by atoms with Crippen molar-refractivity contribution in [2.24, 2.45) is 7.05 Å². The van der Waals surface area contributed by atoms with E-state index >= 15 is 0 Å². The first-order valence-corrected chi connectivity index (χ1v) is 5.15. The lowest BCUT2D eigenvalue weighted by Crippen LogP contribution is -2.00. The predicted octanol–water partition coefficient (Wildman–Crippen LogP) is 2.65. The summed E-state index contributed by atoms with van der Waals surface area (Å²) in [6, 6.07) is 3.27. The fourth-order valence-corrected chi connectivity index (χ4v) is 1.90. The number of carbonyl (C=O) groups is 1. The highest BCUT2D eigenvalue weighted by atomic mass is 19.1. The molecule has 0 N–H and O–H groups in total. The van der Waals surface area contributed by atoms with Gasteiger partial charge in [-0.2, -0.15) is 0 Å². The Bertz CT molecular complexity index is 558. The van der Waals surface area contributed by atoms with Crippen LogP contribution in [0.3, 0.4) is 0 Å². The molecule has 0 atom stereocenters. The molecule has 0 aliphatic rings. The highest BCUT2D eigenvalue weighted by Crippen LogP contribution is 2.24. The molecule has 16 heavy (non-hydrogen) atoms. The molecule has 84 valence electrons. The minimum Gasteiger partial charge on any atom is -0.332 e. The van der Waals surface area contributed by atoms with Crippen molar-refractivity contribution in [2.45, 2.75) is 19.8 Å². The molecular weight excluding hydrogens is 207 g/mol. The van der Waals surface area contributed by atoms with Crippen LogP contribution < -0.4 is 0 Å². The number of halogens is 1. The van der Waals surface area contributed by atoms with Gasteiger partial charge in [-0.15, -0.1) is 0 Å². The van der Waals surface area contributed by atoms with Crippen molar-refractivity contribution in [1.29, 1.82) is 0 Å². The maximum atomic E-state index is 13.4. The van der Waals surface area contributed by atoms with E-state index in [1.807, 2.05) is 17.7 Å². The van der Waals surface area contributed by atoms with Gasteiger partial charge in [0, 0.05) is 18.1 Å². The molecule has 0 aromatic carbocycles. The highest BCUT2D eigenvalue weighted by molar-refractivity contribution is 5.83. The Kier molecular flexibility index (Phi) is 2.50. The number of fused-ring (bicyclic) bond motifs is 1. The van der Waals surface area contributed by atoms with Crippen LogP contribution in [-0.4, -0.2) is 15.8 Å². The Morgan fingerprint density at radius 2 is 2.12 bits per heavy atom. The number of hydrogen-bond donors (Lipinski definition) is 0. The van der Waals surface area contributed by atoms with Crippen LogP contribution in [0, 0.1) is 5.82 Å². The SMILES string of the molecule is CC(C)c1cc2cc(F)c(C=O)nc2n1C. The van der Waals surface area contributed by atoms with Crippen LogP contribution in [0.4, 0.5) is 4.39 Å². The smallest absolute Gasteiger partial charge is 0.171 e. The number of rotatable bonds is 2. The van der Waals surface area contributed by atoms with Crippen LogP contribution in [0.5, 0.6) is 0 Å². The number of carbonyl (C=O) groups excluding carboxylic acids is 1. The predicted molar refractivity (Wildman–Crippen MR) is 60.1 cm³/mol. The number of nitrogens with zero attached hydrogens (tertiary/aromatic N) is 2. The average molecular weight is 220 g/mol. The Morgan fingerprint density at radius 1 is 1.44 bits per heavy atom. The molecular formula is C12H13FN2O. The lowest BCUT2D eigenvalue weighted by Gasteiger charge is -2.06. The van der Waals surface area contributed by atoms with Crippen LogP contribution in [0.25, 0.3) is 11.0 Å². The molecule has 2 rings (SSSR count). The molecule has 0 saturated heterocycles. The van der Waals surface area contributed by atoms with E-state index in [9.17, 15) is 9.18 Å². The molecule has 2 aromatic heterocycles. The second kappa shape index (κ2) is 3.70. The summed E-state index contributed by atoms with van der Waals surface area (Å²) in [5.74, 6) is -0.231. The van der Waals surface area contributed by atoms with Crippen LogP contribution in [0.15, 0.2) is 12.1 Å². The van der Waals surface area contributed by atoms with Crippen molar-refractivity contribution in [3.05, 3.63) is 29.3 Å². The van der Waals surface area contributed by atoms with E-state index in [4.69, 9.17) is 0 Å². The molecule has 2 heterocycles. The summed E-state index contributed by atoms with van der Waals surface area (Å²) >= 11 is 0. The first-order valence-electron chi connectivity index (χ1n) is 5.15. The number of pyridine rings is 1. The summed E-state index contributed by atoms with van der Waals surface area (Å²) in [5, 5.41) is 0.731. The van der Waals surface area contributed by atoms with Crippen LogP contribution >= 0.6 is 0 Å². The maximum Gasteiger partial charge on any atom is 0.171 e. The number of aryl methyl sites for hydroxylation is 1. The van der Waals surface area contributed by atoms with E-state index in [1.54, 1.807) is 0 Å².